The van der Waals surface area contributed by atoms with Crippen LogP contribution in [0.15, 0.2) is 23.9 Å². The highest BCUT2D eigenvalue weighted by Crippen LogP contribution is 1.89. The van der Waals surface area contributed by atoms with Crippen molar-refractivity contribution in [2.24, 2.45) is 5.73 Å². The summed E-state index contributed by atoms with van der Waals surface area (Å²) < 4.78 is 0. The first-order chi connectivity index (χ1) is 4.81. The molecule has 0 radical (unpaired) electrons. The largest absolute Gasteiger partial charge is 0.402 e. The van der Waals surface area contributed by atoms with Gasteiger partial charge in [-0.15, -0.1) is 0 Å². The van der Waals surface area contributed by atoms with Gasteiger partial charge in [-0.2, -0.15) is 0 Å². The molecule has 0 unspecified atom stereocenters. The number of rotatable bonds is 2. The Bertz CT molecular complexity index is 101. The Kier molecular flexibility index (Phi) is 13.4. The van der Waals surface area contributed by atoms with Crippen molar-refractivity contribution in [3.05, 3.63) is 23.9 Å². The topological polar surface area (TPSA) is 26.0 Å². The first kappa shape index (κ1) is 12.0. The zero-order valence-corrected chi connectivity index (χ0v) is 7.52. The van der Waals surface area contributed by atoms with Gasteiger partial charge in [0.25, 0.3) is 0 Å². The van der Waals surface area contributed by atoms with Gasteiger partial charge >= 0.3 is 0 Å². The molecule has 0 fully saturated rings. The molecule has 0 aliphatic carbocycles. The third-order valence-electron chi connectivity index (χ3n) is 0.911. The number of hydrogen-bond acceptors (Lipinski definition) is 1. The number of allylic oxidation sites excluding steroid dienone is 4. The molecule has 0 rings (SSSR count). The minimum atomic E-state index is 0.933. The van der Waals surface area contributed by atoms with Crippen LogP contribution in [0.4, 0.5) is 0 Å². The molecule has 0 aromatic rings. The molecule has 0 aliphatic heterocycles. The molecule has 0 spiro atoms. The maximum absolute atomic E-state index is 5.47. The lowest BCUT2D eigenvalue weighted by molar-refractivity contribution is 1.07. The molecule has 1 nitrogen and oxygen atoms in total. The highest BCUT2D eigenvalue weighted by molar-refractivity contribution is 5.07. The van der Waals surface area contributed by atoms with Crippen LogP contribution in [0.1, 0.15) is 34.1 Å². The van der Waals surface area contributed by atoms with Crippen molar-refractivity contribution in [3.63, 3.8) is 0 Å². The molecule has 0 saturated heterocycles. The molecule has 2 N–H and O–H groups in total. The van der Waals surface area contributed by atoms with Gasteiger partial charge in [0.1, 0.15) is 0 Å². The van der Waals surface area contributed by atoms with E-state index in [1.165, 1.54) is 0 Å². The van der Waals surface area contributed by atoms with Crippen molar-refractivity contribution >= 4 is 0 Å². The van der Waals surface area contributed by atoms with Crippen LogP contribution < -0.4 is 5.73 Å². The van der Waals surface area contributed by atoms with Crippen molar-refractivity contribution in [2.75, 3.05) is 0 Å². The van der Waals surface area contributed by atoms with E-state index in [4.69, 9.17) is 5.73 Å². The van der Waals surface area contributed by atoms with Gasteiger partial charge < -0.3 is 5.73 Å². The van der Waals surface area contributed by atoms with Gasteiger partial charge in [-0.1, -0.05) is 32.9 Å². The van der Waals surface area contributed by atoms with E-state index in [1.807, 2.05) is 45.9 Å². The highest BCUT2D eigenvalue weighted by Gasteiger charge is 1.76. The molecule has 1 heteroatoms. The fraction of sp³-hybridized carbons (Fsp3) is 0.556. The lowest BCUT2D eigenvalue weighted by atomic mass is 10.3. The van der Waals surface area contributed by atoms with Gasteiger partial charge in [0.2, 0.25) is 0 Å². The van der Waals surface area contributed by atoms with E-state index in [0.717, 1.165) is 12.1 Å². The lowest BCUT2D eigenvalue weighted by Crippen LogP contribution is -1.92. The van der Waals surface area contributed by atoms with Gasteiger partial charge in [0.15, 0.2) is 0 Å². The van der Waals surface area contributed by atoms with Crippen molar-refractivity contribution in [1.29, 1.82) is 0 Å². The summed E-state index contributed by atoms with van der Waals surface area (Å²) in [7, 11) is 0. The normalized spacial score (nSPS) is 11.0. The lowest BCUT2D eigenvalue weighted by Gasteiger charge is -1.88. The summed E-state index contributed by atoms with van der Waals surface area (Å²) in [6.45, 7) is 8.01. The second-order valence-electron chi connectivity index (χ2n) is 1.62. The minimum Gasteiger partial charge on any atom is -0.402 e. The fourth-order valence-corrected chi connectivity index (χ4v) is 0.338. The zero-order valence-electron chi connectivity index (χ0n) is 7.52. The van der Waals surface area contributed by atoms with Gasteiger partial charge in [0.05, 0.1) is 0 Å². The van der Waals surface area contributed by atoms with Gasteiger partial charge in [-0.05, 0) is 19.4 Å². The molecule has 60 valence electrons. The summed E-state index contributed by atoms with van der Waals surface area (Å²) in [5.74, 6) is 0. The molecular weight excluding hydrogens is 122 g/mol. The van der Waals surface area contributed by atoms with Crippen LogP contribution in [0.3, 0.4) is 0 Å². The van der Waals surface area contributed by atoms with E-state index in [-0.39, 0.29) is 0 Å². The van der Waals surface area contributed by atoms with E-state index in [0.29, 0.717) is 0 Å². The van der Waals surface area contributed by atoms with Crippen molar-refractivity contribution in [1.82, 2.24) is 0 Å². The molecule has 0 saturated carbocycles. The predicted molar refractivity (Wildman–Crippen MR) is 48.7 cm³/mol. The molecular formula is C9H19N. The molecule has 0 aromatic carbocycles. The molecule has 0 bridgehead atoms. The Balaban J connectivity index is 0. The fourth-order valence-electron chi connectivity index (χ4n) is 0.338. The summed E-state index contributed by atoms with van der Waals surface area (Å²) in [6, 6.07) is 0. The third kappa shape index (κ3) is 10.3. The molecule has 0 aromatic heterocycles. The summed E-state index contributed by atoms with van der Waals surface area (Å²) >= 11 is 0. The van der Waals surface area contributed by atoms with E-state index >= 15 is 0 Å². The first-order valence-electron chi connectivity index (χ1n) is 3.88. The molecule has 0 amide bonds. The molecule has 0 aliphatic rings. The van der Waals surface area contributed by atoms with Crippen molar-refractivity contribution in [3.8, 4) is 0 Å². The summed E-state index contributed by atoms with van der Waals surface area (Å²) in [5, 5.41) is 0. The van der Waals surface area contributed by atoms with Crippen LogP contribution in [0, 0.1) is 0 Å². The molecule has 10 heavy (non-hydrogen) atoms. The Labute approximate surface area is 64.6 Å². The van der Waals surface area contributed by atoms with Crippen LogP contribution in [-0.2, 0) is 0 Å². The average Bonchev–Trinajstić information content (AvgIpc) is 2.04. The maximum Gasteiger partial charge on any atom is 0.00775 e. The van der Waals surface area contributed by atoms with Crippen LogP contribution in [-0.4, -0.2) is 0 Å². The summed E-state index contributed by atoms with van der Waals surface area (Å²) in [5.41, 5.74) is 6.40. The summed E-state index contributed by atoms with van der Waals surface area (Å²) in [6.07, 6.45) is 6.76. The smallest absolute Gasteiger partial charge is 0.00775 e. The Morgan fingerprint density at radius 3 is 2.20 bits per heavy atom. The third-order valence-corrected chi connectivity index (χ3v) is 0.911. The minimum absolute atomic E-state index is 0.933. The number of nitrogens with two attached hydrogens (primary N) is 1. The first-order valence-corrected chi connectivity index (χ1v) is 3.88. The second kappa shape index (κ2) is 11.1. The highest BCUT2D eigenvalue weighted by atomic mass is 14.6. The van der Waals surface area contributed by atoms with Gasteiger partial charge in [0, 0.05) is 5.70 Å². The van der Waals surface area contributed by atoms with Crippen LogP contribution in [0.5, 0.6) is 0 Å². The standard InChI is InChI=1S/C7H13N.C2H6/c1-3-5-6-7(8)4-2;1-2/h3,5-6H,4,8H2,1-2H3;1-2H3/b5-3-,7-6+;. The van der Waals surface area contributed by atoms with Crippen molar-refractivity contribution in [2.45, 2.75) is 34.1 Å². The van der Waals surface area contributed by atoms with E-state index in [2.05, 4.69) is 0 Å². The van der Waals surface area contributed by atoms with Crippen LogP contribution in [0.25, 0.3) is 0 Å². The monoisotopic (exact) mass is 141 g/mol. The summed E-state index contributed by atoms with van der Waals surface area (Å²) in [4.78, 5) is 0. The quantitative estimate of drug-likeness (QED) is 0.588. The molecule has 0 atom stereocenters. The maximum atomic E-state index is 5.47. The Hall–Kier alpha value is -0.720. The van der Waals surface area contributed by atoms with Gasteiger partial charge in [-0.25, -0.2) is 0 Å². The SMILES string of the molecule is C/C=C\C=C(\N)CC.CC. The second-order valence-corrected chi connectivity index (χ2v) is 1.62. The average molecular weight is 141 g/mol. The predicted octanol–water partition coefficient (Wildman–Crippen LogP) is 2.84. The molecule has 0 heterocycles. The zero-order chi connectivity index (χ0) is 8.41. The van der Waals surface area contributed by atoms with Crippen LogP contribution in [0.2, 0.25) is 0 Å². The number of hydrogen-bond donors (Lipinski definition) is 1. The van der Waals surface area contributed by atoms with E-state index < -0.39 is 0 Å². The van der Waals surface area contributed by atoms with E-state index in [1.54, 1.807) is 0 Å². The van der Waals surface area contributed by atoms with Gasteiger partial charge in [-0.3, -0.25) is 0 Å². The Morgan fingerprint density at radius 2 is 1.90 bits per heavy atom. The van der Waals surface area contributed by atoms with Crippen molar-refractivity contribution < 1.29 is 0 Å². The Morgan fingerprint density at radius 1 is 1.40 bits per heavy atom. The van der Waals surface area contributed by atoms with Crippen LogP contribution >= 0.6 is 0 Å². The van der Waals surface area contributed by atoms with E-state index in [9.17, 15) is 0 Å².